The fraction of sp³-hybridized carbons (Fsp3) is 0.350. The third kappa shape index (κ3) is 2.90. The second kappa shape index (κ2) is 6.86. The zero-order valence-corrected chi connectivity index (χ0v) is 14.3. The minimum absolute atomic E-state index is 0.0301. The molecule has 2 aromatic rings. The summed E-state index contributed by atoms with van der Waals surface area (Å²) in [7, 11) is 1.62. The van der Waals surface area contributed by atoms with E-state index in [0.717, 1.165) is 49.7 Å². The first-order valence-electron chi connectivity index (χ1n) is 8.57. The average Bonchev–Trinajstić information content (AvgIpc) is 2.96. The summed E-state index contributed by atoms with van der Waals surface area (Å²) in [5.41, 5.74) is 3.05. The average molecular weight is 339 g/mol. The predicted octanol–water partition coefficient (Wildman–Crippen LogP) is 2.62. The minimum atomic E-state index is 0.0301. The SMILES string of the molecule is COc1cccc2c1-c1c(OCCN3CCOCC3)cccc1C2=O. The number of carbonyl (C=O) groups is 1. The summed E-state index contributed by atoms with van der Waals surface area (Å²) in [6.45, 7) is 4.85. The number of carbonyl (C=O) groups excluding carboxylic acids is 1. The third-order valence-corrected chi connectivity index (χ3v) is 4.78. The van der Waals surface area contributed by atoms with Gasteiger partial charge in [-0.25, -0.2) is 0 Å². The zero-order valence-electron chi connectivity index (χ0n) is 14.3. The predicted molar refractivity (Wildman–Crippen MR) is 94.6 cm³/mol. The van der Waals surface area contributed by atoms with Gasteiger partial charge < -0.3 is 14.2 Å². The first-order chi connectivity index (χ1) is 12.3. The number of nitrogens with zero attached hydrogens (tertiary/aromatic N) is 1. The van der Waals surface area contributed by atoms with Gasteiger partial charge >= 0.3 is 0 Å². The molecule has 1 aliphatic heterocycles. The molecule has 1 aliphatic carbocycles. The maximum Gasteiger partial charge on any atom is 0.194 e. The van der Waals surface area contributed by atoms with Gasteiger partial charge in [-0.15, -0.1) is 0 Å². The Kier molecular flexibility index (Phi) is 4.42. The monoisotopic (exact) mass is 339 g/mol. The van der Waals surface area contributed by atoms with Gasteiger partial charge in [0.05, 0.1) is 20.3 Å². The molecule has 130 valence electrons. The maximum atomic E-state index is 12.7. The number of methoxy groups -OCH3 is 1. The number of hydrogen-bond donors (Lipinski definition) is 0. The molecule has 2 aromatic carbocycles. The molecule has 1 heterocycles. The number of ether oxygens (including phenoxy) is 3. The van der Waals surface area contributed by atoms with Crippen molar-refractivity contribution in [1.82, 2.24) is 4.90 Å². The molecule has 5 nitrogen and oxygen atoms in total. The number of hydrogen-bond acceptors (Lipinski definition) is 5. The molecule has 0 unspecified atom stereocenters. The van der Waals surface area contributed by atoms with E-state index in [0.29, 0.717) is 23.5 Å². The number of rotatable bonds is 5. The maximum absolute atomic E-state index is 12.7. The molecular formula is C20H21NO4. The second-order valence-electron chi connectivity index (χ2n) is 6.19. The topological polar surface area (TPSA) is 48.0 Å². The lowest BCUT2D eigenvalue weighted by Gasteiger charge is -2.26. The van der Waals surface area contributed by atoms with Gasteiger partial charge in [-0.2, -0.15) is 0 Å². The molecule has 0 N–H and O–H groups in total. The molecule has 25 heavy (non-hydrogen) atoms. The minimum Gasteiger partial charge on any atom is -0.496 e. The Hall–Kier alpha value is -2.37. The van der Waals surface area contributed by atoms with E-state index in [-0.39, 0.29) is 5.78 Å². The summed E-state index contributed by atoms with van der Waals surface area (Å²) in [5, 5.41) is 0. The Morgan fingerprint density at radius 3 is 2.32 bits per heavy atom. The summed E-state index contributed by atoms with van der Waals surface area (Å²) in [6.07, 6.45) is 0. The largest absolute Gasteiger partial charge is 0.496 e. The van der Waals surface area contributed by atoms with Crippen LogP contribution in [0.5, 0.6) is 11.5 Å². The Morgan fingerprint density at radius 1 is 1.00 bits per heavy atom. The normalized spacial score (nSPS) is 16.4. The highest BCUT2D eigenvalue weighted by Gasteiger charge is 2.32. The van der Waals surface area contributed by atoms with E-state index in [2.05, 4.69) is 4.90 Å². The molecule has 0 aromatic heterocycles. The number of morpholine rings is 1. The van der Waals surface area contributed by atoms with E-state index in [9.17, 15) is 4.79 Å². The van der Waals surface area contributed by atoms with Crippen molar-refractivity contribution >= 4 is 5.78 Å². The molecular weight excluding hydrogens is 318 g/mol. The molecule has 5 heteroatoms. The molecule has 0 spiro atoms. The van der Waals surface area contributed by atoms with Crippen LogP contribution >= 0.6 is 0 Å². The Morgan fingerprint density at radius 2 is 1.64 bits per heavy atom. The zero-order chi connectivity index (χ0) is 17.2. The van der Waals surface area contributed by atoms with Crippen LogP contribution in [0.2, 0.25) is 0 Å². The van der Waals surface area contributed by atoms with Crippen LogP contribution < -0.4 is 9.47 Å². The van der Waals surface area contributed by atoms with Gasteiger partial charge in [0.1, 0.15) is 18.1 Å². The fourth-order valence-electron chi connectivity index (χ4n) is 3.50. The quantitative estimate of drug-likeness (QED) is 0.715. The van der Waals surface area contributed by atoms with E-state index in [1.54, 1.807) is 7.11 Å². The number of ketones is 1. The molecule has 4 rings (SSSR count). The van der Waals surface area contributed by atoms with Crippen LogP contribution in [0, 0.1) is 0 Å². The van der Waals surface area contributed by atoms with Gasteiger partial charge in [-0.1, -0.05) is 24.3 Å². The third-order valence-electron chi connectivity index (χ3n) is 4.78. The van der Waals surface area contributed by atoms with Crippen LogP contribution in [0.1, 0.15) is 15.9 Å². The van der Waals surface area contributed by atoms with E-state index in [1.807, 2.05) is 36.4 Å². The summed E-state index contributed by atoms with van der Waals surface area (Å²) < 4.78 is 16.9. The highest BCUT2D eigenvalue weighted by Crippen LogP contribution is 2.47. The van der Waals surface area contributed by atoms with Gasteiger partial charge in [-0.3, -0.25) is 9.69 Å². The molecule has 0 radical (unpaired) electrons. The van der Waals surface area contributed by atoms with Crippen molar-refractivity contribution in [3.05, 3.63) is 47.5 Å². The Labute approximate surface area is 147 Å². The van der Waals surface area contributed by atoms with Crippen LogP contribution in [0.25, 0.3) is 11.1 Å². The smallest absolute Gasteiger partial charge is 0.194 e. The van der Waals surface area contributed by atoms with Gasteiger partial charge in [-0.05, 0) is 12.1 Å². The highest BCUT2D eigenvalue weighted by molar-refractivity contribution is 6.23. The standard InChI is InChI=1S/C20H21NO4/c1-23-16-6-2-4-14-18(16)19-15(20(14)22)5-3-7-17(19)25-13-10-21-8-11-24-12-9-21/h2-7H,8-13H2,1H3. The van der Waals surface area contributed by atoms with Crippen molar-refractivity contribution in [3.8, 4) is 22.6 Å². The summed E-state index contributed by atoms with van der Waals surface area (Å²) in [5.74, 6) is 1.47. The van der Waals surface area contributed by atoms with E-state index < -0.39 is 0 Å². The molecule has 1 saturated heterocycles. The molecule has 0 atom stereocenters. The highest BCUT2D eigenvalue weighted by atomic mass is 16.5. The Bertz CT molecular complexity index is 796. The summed E-state index contributed by atoms with van der Waals surface area (Å²) >= 11 is 0. The molecule has 0 bridgehead atoms. The first kappa shape index (κ1) is 16.1. The first-order valence-corrected chi connectivity index (χ1v) is 8.57. The van der Waals surface area contributed by atoms with Gasteiger partial charge in [0, 0.05) is 41.9 Å². The molecule has 2 aliphatic rings. The van der Waals surface area contributed by atoms with Crippen molar-refractivity contribution in [2.45, 2.75) is 0 Å². The van der Waals surface area contributed by atoms with Crippen molar-refractivity contribution in [1.29, 1.82) is 0 Å². The molecule has 0 saturated carbocycles. The molecule has 1 fully saturated rings. The van der Waals surface area contributed by atoms with Crippen LogP contribution in [0.15, 0.2) is 36.4 Å². The second-order valence-corrected chi connectivity index (χ2v) is 6.19. The van der Waals surface area contributed by atoms with Crippen molar-refractivity contribution in [2.75, 3.05) is 46.6 Å². The van der Waals surface area contributed by atoms with Crippen molar-refractivity contribution in [2.24, 2.45) is 0 Å². The van der Waals surface area contributed by atoms with E-state index >= 15 is 0 Å². The van der Waals surface area contributed by atoms with Crippen LogP contribution in [-0.2, 0) is 4.74 Å². The van der Waals surface area contributed by atoms with Crippen LogP contribution in [0.3, 0.4) is 0 Å². The van der Waals surface area contributed by atoms with E-state index in [4.69, 9.17) is 14.2 Å². The lowest BCUT2D eigenvalue weighted by molar-refractivity contribution is 0.0323. The molecule has 0 amide bonds. The van der Waals surface area contributed by atoms with Crippen molar-refractivity contribution < 1.29 is 19.0 Å². The van der Waals surface area contributed by atoms with Crippen LogP contribution in [0.4, 0.5) is 0 Å². The van der Waals surface area contributed by atoms with Crippen LogP contribution in [-0.4, -0.2) is 57.2 Å². The fourth-order valence-corrected chi connectivity index (χ4v) is 3.50. The van der Waals surface area contributed by atoms with Crippen molar-refractivity contribution in [3.63, 3.8) is 0 Å². The summed E-state index contributed by atoms with van der Waals surface area (Å²) in [6, 6.07) is 11.2. The summed E-state index contributed by atoms with van der Waals surface area (Å²) in [4.78, 5) is 15.0. The van der Waals surface area contributed by atoms with Gasteiger partial charge in [0.2, 0.25) is 0 Å². The number of benzene rings is 2. The number of fused-ring (bicyclic) bond motifs is 3. The lowest BCUT2D eigenvalue weighted by atomic mass is 10.0. The van der Waals surface area contributed by atoms with Gasteiger partial charge in [0.15, 0.2) is 5.78 Å². The van der Waals surface area contributed by atoms with Gasteiger partial charge in [0.25, 0.3) is 0 Å². The van der Waals surface area contributed by atoms with E-state index in [1.165, 1.54) is 0 Å². The Balaban J connectivity index is 1.60. The lowest BCUT2D eigenvalue weighted by Crippen LogP contribution is -2.38.